The fraction of sp³-hybridized carbons (Fsp3) is 0.300. The summed E-state index contributed by atoms with van der Waals surface area (Å²) in [6.07, 6.45) is -6.00. The van der Waals surface area contributed by atoms with Crippen molar-refractivity contribution in [3.8, 4) is 5.75 Å². The third-order valence-electron chi connectivity index (χ3n) is 4.94. The second-order valence-electron chi connectivity index (χ2n) is 7.07. The van der Waals surface area contributed by atoms with Gasteiger partial charge in [-0.15, -0.1) is 0 Å². The van der Waals surface area contributed by atoms with E-state index in [-0.39, 0.29) is 11.4 Å². The lowest BCUT2D eigenvalue weighted by Crippen LogP contribution is -2.48. The number of benzene rings is 2. The second-order valence-corrected chi connectivity index (χ2v) is 8.97. The molecule has 168 valence electrons. The molecule has 2 atom stereocenters. The first-order valence-electron chi connectivity index (χ1n) is 9.01. The summed E-state index contributed by atoms with van der Waals surface area (Å²) < 4.78 is 71.4. The van der Waals surface area contributed by atoms with Crippen molar-refractivity contribution in [2.45, 2.75) is 22.8 Å². The van der Waals surface area contributed by atoms with E-state index in [1.165, 1.54) is 24.3 Å². The van der Waals surface area contributed by atoms with Crippen LogP contribution in [-0.4, -0.2) is 54.3 Å². The highest BCUT2D eigenvalue weighted by Crippen LogP contribution is 2.38. The molecule has 3 rings (SSSR count). The molecule has 1 aliphatic heterocycles. The molecule has 0 unspecified atom stereocenters. The van der Waals surface area contributed by atoms with Crippen molar-refractivity contribution in [3.05, 3.63) is 70.9 Å². The van der Waals surface area contributed by atoms with Crippen LogP contribution in [0.2, 0.25) is 0 Å². The summed E-state index contributed by atoms with van der Waals surface area (Å²) >= 11 is 0. The molecule has 8 nitrogen and oxygen atoms in total. The lowest BCUT2D eigenvalue weighted by atomic mass is 10.0. The number of halogens is 3. The van der Waals surface area contributed by atoms with E-state index in [1.807, 2.05) is 0 Å². The molecule has 0 bridgehead atoms. The van der Waals surface area contributed by atoms with Gasteiger partial charge in [0.2, 0.25) is 15.7 Å². The largest absolute Gasteiger partial charge is 0.487 e. The number of nitrogens with zero attached hydrogens (tertiary/aromatic N) is 3. The molecule has 2 aromatic rings. The molecule has 0 radical (unpaired) electrons. The third kappa shape index (κ3) is 4.40. The lowest BCUT2D eigenvalue weighted by Gasteiger charge is -2.27. The molecule has 1 fully saturated rings. The van der Waals surface area contributed by atoms with Gasteiger partial charge in [0.15, 0.2) is 5.69 Å². The topological polar surface area (TPSA) is 95.8 Å². The summed E-state index contributed by atoms with van der Waals surface area (Å²) in [5, 5.41) is 20.4. The number of β-amino-alcohol motifs (C(OH)–C–C–N with tert-alkyl or cyclic N) is 1. The van der Waals surface area contributed by atoms with Crippen molar-refractivity contribution >= 4 is 21.4 Å². The molecular formula is C20H16F3N3O5S. The number of alkyl halides is 3. The van der Waals surface area contributed by atoms with Crippen molar-refractivity contribution in [2.24, 2.45) is 0 Å². The predicted molar refractivity (Wildman–Crippen MR) is 106 cm³/mol. The van der Waals surface area contributed by atoms with Crippen LogP contribution in [-0.2, 0) is 16.2 Å². The monoisotopic (exact) mass is 467 g/mol. The number of aliphatic hydroxyl groups excluding tert-OH is 1. The van der Waals surface area contributed by atoms with Crippen LogP contribution in [0.3, 0.4) is 0 Å². The number of sulfonamides is 1. The summed E-state index contributed by atoms with van der Waals surface area (Å²) in [5.41, 5.74) is -3.67. The molecule has 1 aliphatic rings. The second kappa shape index (κ2) is 8.41. The minimum absolute atomic E-state index is 0.158. The number of hydrogen-bond donors (Lipinski definition) is 2. The van der Waals surface area contributed by atoms with Crippen molar-refractivity contribution in [1.29, 1.82) is 0 Å². The maximum Gasteiger partial charge on any atom is 0.415 e. The van der Waals surface area contributed by atoms with Gasteiger partial charge in [-0.25, -0.2) is 18.1 Å². The van der Waals surface area contributed by atoms with Crippen molar-refractivity contribution in [2.75, 3.05) is 19.7 Å². The van der Waals surface area contributed by atoms with Crippen LogP contribution >= 0.6 is 0 Å². The quantitative estimate of drug-likeness (QED) is 0.660. The minimum Gasteiger partial charge on any atom is -0.487 e. The predicted octanol–water partition coefficient (Wildman–Crippen LogP) is 2.98. The molecule has 1 saturated heterocycles. The normalized spacial score (nSPS) is 21.7. The number of aliphatic hydroxyl groups is 2. The molecule has 2 N–H and O–H groups in total. The first kappa shape index (κ1) is 23.5. The Kier molecular flexibility index (Phi) is 6.18. The molecule has 0 aliphatic carbocycles. The van der Waals surface area contributed by atoms with Crippen LogP contribution in [0.5, 0.6) is 5.75 Å². The number of rotatable bonds is 5. The van der Waals surface area contributed by atoms with Crippen LogP contribution in [0.15, 0.2) is 47.4 Å². The summed E-state index contributed by atoms with van der Waals surface area (Å²) in [4.78, 5) is 5.50. The number of ether oxygens (including phenoxy) is 1. The van der Waals surface area contributed by atoms with Gasteiger partial charge in [0.1, 0.15) is 17.5 Å². The minimum atomic E-state index is -4.76. The van der Waals surface area contributed by atoms with Crippen molar-refractivity contribution in [1.82, 2.24) is 4.31 Å². The van der Waals surface area contributed by atoms with Gasteiger partial charge in [0, 0.05) is 12.1 Å². The van der Waals surface area contributed by atoms with Gasteiger partial charge in [0.25, 0.3) is 0 Å². The van der Waals surface area contributed by atoms with E-state index < -0.39 is 63.7 Å². The van der Waals surface area contributed by atoms with E-state index in [4.69, 9.17) is 17.9 Å². The van der Waals surface area contributed by atoms with Gasteiger partial charge < -0.3 is 14.9 Å². The van der Waals surface area contributed by atoms with E-state index in [2.05, 4.69) is 9.69 Å². The molecule has 32 heavy (non-hydrogen) atoms. The molecule has 0 amide bonds. The fourth-order valence-electron chi connectivity index (χ4n) is 3.24. The van der Waals surface area contributed by atoms with Gasteiger partial charge in [-0.2, -0.15) is 17.5 Å². The van der Waals surface area contributed by atoms with Crippen molar-refractivity contribution < 1.29 is 36.5 Å². The zero-order valence-electron chi connectivity index (χ0n) is 16.2. The summed E-state index contributed by atoms with van der Waals surface area (Å²) in [7, 11) is -4.51. The Morgan fingerprint density at radius 1 is 1.19 bits per heavy atom. The van der Waals surface area contributed by atoms with Crippen LogP contribution in [0.4, 0.5) is 24.5 Å². The van der Waals surface area contributed by atoms with Crippen LogP contribution < -0.4 is 4.74 Å². The first-order valence-corrected chi connectivity index (χ1v) is 10.4. The Morgan fingerprint density at radius 2 is 1.91 bits per heavy atom. The lowest BCUT2D eigenvalue weighted by molar-refractivity contribution is -0.137. The molecule has 12 heteroatoms. The fourth-order valence-corrected chi connectivity index (χ4v) is 4.85. The number of hydrogen-bond acceptors (Lipinski definition) is 5. The summed E-state index contributed by atoms with van der Waals surface area (Å²) in [5.74, 6) is 0.158. The van der Waals surface area contributed by atoms with Gasteiger partial charge in [-0.1, -0.05) is 24.3 Å². The average molecular weight is 467 g/mol. The van der Waals surface area contributed by atoms with E-state index >= 15 is 0 Å². The Balaban J connectivity index is 1.94. The van der Waals surface area contributed by atoms with Crippen LogP contribution in [0.1, 0.15) is 5.56 Å². The Hall–Kier alpha value is -3.16. The highest BCUT2D eigenvalue weighted by molar-refractivity contribution is 7.89. The van der Waals surface area contributed by atoms with E-state index in [9.17, 15) is 31.8 Å². The SMILES string of the molecule is [C-]#[N+]c1cccc(O[C@H]2CN(S(=O)(=O)c3ccc(C(F)(F)F)cc3[N+]#[C-])C[C@@]2(O)CO)c1. The molecule has 1 heterocycles. The van der Waals surface area contributed by atoms with E-state index in [1.54, 1.807) is 0 Å². The molecule has 0 saturated carbocycles. The highest BCUT2D eigenvalue weighted by atomic mass is 32.2. The third-order valence-corrected chi connectivity index (χ3v) is 6.80. The molecular weight excluding hydrogens is 451 g/mol. The van der Waals surface area contributed by atoms with Gasteiger partial charge in [0.05, 0.1) is 31.2 Å². The molecule has 0 spiro atoms. The standard InChI is InChI=1S/C20H16F3N3O5S/c1-24-14-4-3-5-15(9-14)31-18-10-26(11-19(18,28)12-27)32(29,30)17-7-6-13(20(21,22)23)8-16(17)25-2/h3-9,18,27-28H,10-12H2/t18-,19+/m0/s1. The zero-order valence-corrected chi connectivity index (χ0v) is 17.1. The Labute approximate surface area is 181 Å². The summed E-state index contributed by atoms with van der Waals surface area (Å²) in [6, 6.07) is 7.58. The average Bonchev–Trinajstić information content (AvgIpc) is 3.10. The maximum atomic E-state index is 13.1. The van der Waals surface area contributed by atoms with E-state index in [0.717, 1.165) is 4.31 Å². The maximum absolute atomic E-state index is 13.1. The Morgan fingerprint density at radius 3 is 2.50 bits per heavy atom. The van der Waals surface area contributed by atoms with Crippen molar-refractivity contribution in [3.63, 3.8) is 0 Å². The highest BCUT2D eigenvalue weighted by Gasteiger charge is 2.51. The van der Waals surface area contributed by atoms with Crippen LogP contribution in [0, 0.1) is 13.1 Å². The zero-order chi connectivity index (χ0) is 23.7. The molecule has 2 aromatic carbocycles. The van der Waals surface area contributed by atoms with Gasteiger partial charge in [-0.05, 0) is 18.2 Å². The van der Waals surface area contributed by atoms with Gasteiger partial charge in [-0.3, -0.25) is 0 Å². The Bertz CT molecular complexity index is 1220. The van der Waals surface area contributed by atoms with Gasteiger partial charge >= 0.3 is 6.18 Å². The smallest absolute Gasteiger partial charge is 0.415 e. The molecule has 0 aromatic heterocycles. The van der Waals surface area contributed by atoms with E-state index in [0.29, 0.717) is 18.2 Å². The first-order chi connectivity index (χ1) is 14.9. The summed E-state index contributed by atoms with van der Waals surface area (Å²) in [6.45, 7) is 12.2. The van der Waals surface area contributed by atoms with Crippen LogP contribution in [0.25, 0.3) is 9.69 Å².